The van der Waals surface area contributed by atoms with E-state index in [1.165, 1.54) is 12.8 Å². The summed E-state index contributed by atoms with van der Waals surface area (Å²) in [6, 6.07) is 6.01. The Hall–Kier alpha value is -2.81. The van der Waals surface area contributed by atoms with Gasteiger partial charge in [-0.15, -0.1) is 0 Å². The summed E-state index contributed by atoms with van der Waals surface area (Å²) < 4.78 is 11.0. The maximum atomic E-state index is 13.0. The standard InChI is InChI=1S/C21H32N2O3.C2H2O4/c1-25-19-11-7-9-17(20(19)26-2)15-22-12-8-10-18(16-22)21(24)23-13-5-3-4-6-14-23;3-1(4)2(5)6/h7,9,11,18H,3-6,8,10,12-16H2,1-2H3;(H,3,4)(H,5,6). The Kier molecular flexibility index (Phi) is 10.3. The first-order valence-electron chi connectivity index (χ1n) is 11.0. The first-order chi connectivity index (χ1) is 15.4. The van der Waals surface area contributed by atoms with E-state index in [0.717, 1.165) is 75.5 Å². The van der Waals surface area contributed by atoms with Crippen LogP contribution in [0.2, 0.25) is 0 Å². The summed E-state index contributed by atoms with van der Waals surface area (Å²) in [6.45, 7) is 4.56. The number of carbonyl (C=O) groups is 3. The number of hydrogen-bond donors (Lipinski definition) is 2. The van der Waals surface area contributed by atoms with Gasteiger partial charge < -0.3 is 24.6 Å². The first-order valence-corrected chi connectivity index (χ1v) is 11.0. The van der Waals surface area contributed by atoms with Crippen molar-refractivity contribution in [2.24, 2.45) is 5.92 Å². The number of rotatable bonds is 5. The molecule has 2 heterocycles. The molecule has 1 atom stereocenters. The highest BCUT2D eigenvalue weighted by atomic mass is 16.5. The van der Waals surface area contributed by atoms with Crippen LogP contribution in [0.5, 0.6) is 11.5 Å². The van der Waals surface area contributed by atoms with Gasteiger partial charge >= 0.3 is 11.9 Å². The van der Waals surface area contributed by atoms with Crippen LogP contribution in [0.25, 0.3) is 0 Å². The first kappa shape index (κ1) is 25.5. The molecule has 1 unspecified atom stereocenters. The molecular formula is C23H34N2O7. The molecule has 0 aromatic heterocycles. The molecule has 1 aromatic carbocycles. The summed E-state index contributed by atoms with van der Waals surface area (Å²) in [5.41, 5.74) is 1.12. The average Bonchev–Trinajstić information content (AvgIpc) is 3.08. The summed E-state index contributed by atoms with van der Waals surface area (Å²) >= 11 is 0. The SMILES string of the molecule is COc1cccc(CN2CCCC(C(=O)N3CCCCCC3)C2)c1OC.O=C(O)C(=O)O. The summed E-state index contributed by atoms with van der Waals surface area (Å²) in [6.07, 6.45) is 6.93. The number of para-hydroxylation sites is 1. The van der Waals surface area contributed by atoms with E-state index in [0.29, 0.717) is 5.91 Å². The molecule has 178 valence electrons. The Morgan fingerprint density at radius 1 is 0.938 bits per heavy atom. The fourth-order valence-electron chi connectivity index (χ4n) is 4.27. The van der Waals surface area contributed by atoms with Crippen molar-refractivity contribution in [3.63, 3.8) is 0 Å². The number of benzene rings is 1. The average molecular weight is 451 g/mol. The minimum atomic E-state index is -1.82. The molecule has 2 aliphatic rings. The molecular weight excluding hydrogens is 416 g/mol. The number of carbonyl (C=O) groups excluding carboxylic acids is 1. The minimum Gasteiger partial charge on any atom is -0.493 e. The summed E-state index contributed by atoms with van der Waals surface area (Å²) in [5.74, 6) is -1.58. The second-order valence-electron chi connectivity index (χ2n) is 8.08. The van der Waals surface area contributed by atoms with Crippen molar-refractivity contribution in [3.8, 4) is 11.5 Å². The Bertz CT molecular complexity index is 764. The van der Waals surface area contributed by atoms with Gasteiger partial charge in [-0.3, -0.25) is 9.69 Å². The highest BCUT2D eigenvalue weighted by Crippen LogP contribution is 2.32. The molecule has 9 heteroatoms. The lowest BCUT2D eigenvalue weighted by Gasteiger charge is -2.35. The maximum absolute atomic E-state index is 13.0. The van der Waals surface area contributed by atoms with Crippen LogP contribution >= 0.6 is 0 Å². The second kappa shape index (κ2) is 12.9. The topological polar surface area (TPSA) is 117 Å². The van der Waals surface area contributed by atoms with Crippen molar-refractivity contribution in [3.05, 3.63) is 23.8 Å². The largest absolute Gasteiger partial charge is 0.493 e. The van der Waals surface area contributed by atoms with Crippen LogP contribution in [-0.4, -0.2) is 78.3 Å². The lowest BCUT2D eigenvalue weighted by Crippen LogP contribution is -2.44. The van der Waals surface area contributed by atoms with Crippen LogP contribution in [0.4, 0.5) is 0 Å². The third kappa shape index (κ3) is 7.40. The van der Waals surface area contributed by atoms with E-state index in [1.54, 1.807) is 14.2 Å². The Morgan fingerprint density at radius 3 is 2.16 bits per heavy atom. The normalized spacial score (nSPS) is 19.2. The van der Waals surface area contributed by atoms with Gasteiger partial charge in [0.2, 0.25) is 5.91 Å². The molecule has 0 aliphatic carbocycles. The van der Waals surface area contributed by atoms with E-state index < -0.39 is 11.9 Å². The molecule has 0 saturated carbocycles. The molecule has 1 aromatic rings. The smallest absolute Gasteiger partial charge is 0.414 e. The van der Waals surface area contributed by atoms with E-state index >= 15 is 0 Å². The van der Waals surface area contributed by atoms with E-state index in [2.05, 4.69) is 15.9 Å². The predicted molar refractivity (Wildman–Crippen MR) is 118 cm³/mol. The number of piperidine rings is 1. The van der Waals surface area contributed by atoms with Gasteiger partial charge in [0.25, 0.3) is 0 Å². The van der Waals surface area contributed by atoms with E-state index in [9.17, 15) is 4.79 Å². The monoisotopic (exact) mass is 450 g/mol. The molecule has 2 saturated heterocycles. The van der Waals surface area contributed by atoms with Crippen molar-refractivity contribution >= 4 is 17.8 Å². The fourth-order valence-corrected chi connectivity index (χ4v) is 4.27. The van der Waals surface area contributed by atoms with Gasteiger partial charge in [-0.2, -0.15) is 0 Å². The summed E-state index contributed by atoms with van der Waals surface area (Å²) in [4.78, 5) is 35.7. The predicted octanol–water partition coefficient (Wildman–Crippen LogP) is 2.47. The van der Waals surface area contributed by atoms with Crippen LogP contribution in [0.1, 0.15) is 44.1 Å². The van der Waals surface area contributed by atoms with Gasteiger partial charge in [0, 0.05) is 31.7 Å². The highest BCUT2D eigenvalue weighted by Gasteiger charge is 2.30. The number of methoxy groups -OCH3 is 2. The van der Waals surface area contributed by atoms with Gasteiger partial charge in [0.1, 0.15) is 0 Å². The van der Waals surface area contributed by atoms with Crippen molar-refractivity contribution in [1.29, 1.82) is 0 Å². The minimum absolute atomic E-state index is 0.137. The second-order valence-corrected chi connectivity index (χ2v) is 8.08. The Labute approximate surface area is 188 Å². The number of carboxylic acid groups (broad SMARTS) is 2. The number of ether oxygens (including phenoxy) is 2. The third-order valence-electron chi connectivity index (χ3n) is 5.83. The molecule has 2 N–H and O–H groups in total. The number of nitrogens with zero attached hydrogens (tertiary/aromatic N) is 2. The van der Waals surface area contributed by atoms with Crippen LogP contribution in [0, 0.1) is 5.92 Å². The van der Waals surface area contributed by atoms with Gasteiger partial charge in [0.15, 0.2) is 11.5 Å². The van der Waals surface area contributed by atoms with Gasteiger partial charge in [-0.1, -0.05) is 25.0 Å². The van der Waals surface area contributed by atoms with Crippen molar-refractivity contribution in [2.75, 3.05) is 40.4 Å². The van der Waals surface area contributed by atoms with Crippen LogP contribution < -0.4 is 9.47 Å². The van der Waals surface area contributed by atoms with Crippen molar-refractivity contribution in [1.82, 2.24) is 9.80 Å². The van der Waals surface area contributed by atoms with E-state index in [4.69, 9.17) is 29.3 Å². The Balaban J connectivity index is 0.000000534. The molecule has 1 amide bonds. The quantitative estimate of drug-likeness (QED) is 0.657. The maximum Gasteiger partial charge on any atom is 0.414 e. The number of hydrogen-bond acceptors (Lipinski definition) is 6. The molecule has 0 spiro atoms. The molecule has 0 bridgehead atoms. The molecule has 9 nitrogen and oxygen atoms in total. The molecule has 32 heavy (non-hydrogen) atoms. The van der Waals surface area contributed by atoms with Crippen LogP contribution in [-0.2, 0) is 20.9 Å². The van der Waals surface area contributed by atoms with Crippen molar-refractivity contribution < 1.29 is 34.1 Å². The number of carboxylic acids is 2. The molecule has 2 fully saturated rings. The van der Waals surface area contributed by atoms with Crippen LogP contribution in [0.3, 0.4) is 0 Å². The molecule has 2 aliphatic heterocycles. The third-order valence-corrected chi connectivity index (χ3v) is 5.83. The number of likely N-dealkylation sites (tertiary alicyclic amines) is 2. The fraction of sp³-hybridized carbons (Fsp3) is 0.609. The zero-order valence-corrected chi connectivity index (χ0v) is 18.9. The molecule has 0 radical (unpaired) electrons. The van der Waals surface area contributed by atoms with E-state index in [1.807, 2.05) is 12.1 Å². The summed E-state index contributed by atoms with van der Waals surface area (Å²) in [7, 11) is 3.35. The molecule has 3 rings (SSSR count). The Morgan fingerprint density at radius 2 is 1.59 bits per heavy atom. The zero-order valence-electron chi connectivity index (χ0n) is 18.9. The lowest BCUT2D eigenvalue weighted by atomic mass is 9.95. The van der Waals surface area contributed by atoms with Gasteiger partial charge in [-0.25, -0.2) is 9.59 Å². The summed E-state index contributed by atoms with van der Waals surface area (Å²) in [5, 5.41) is 14.8. The number of amides is 1. The number of aliphatic carboxylic acids is 2. The van der Waals surface area contributed by atoms with Crippen molar-refractivity contribution in [2.45, 2.75) is 45.1 Å². The highest BCUT2D eigenvalue weighted by molar-refractivity contribution is 6.27. The zero-order chi connectivity index (χ0) is 23.5. The lowest BCUT2D eigenvalue weighted by molar-refractivity contribution is -0.159. The van der Waals surface area contributed by atoms with Gasteiger partial charge in [-0.05, 0) is 38.3 Å². The van der Waals surface area contributed by atoms with Gasteiger partial charge in [0.05, 0.1) is 20.1 Å². The van der Waals surface area contributed by atoms with Crippen LogP contribution in [0.15, 0.2) is 18.2 Å². The van der Waals surface area contributed by atoms with E-state index in [-0.39, 0.29) is 5.92 Å².